The van der Waals surface area contributed by atoms with Crippen molar-refractivity contribution < 1.29 is 23.6 Å². The third-order valence-corrected chi connectivity index (χ3v) is 4.38. The molecule has 0 aromatic rings. The molecule has 0 rings (SSSR count). The first kappa shape index (κ1) is 13.5. The monoisotopic (exact) mass is 227 g/mol. The number of nitrogens with zero attached hydrogens (tertiary/aromatic N) is 1. The van der Waals surface area contributed by atoms with Gasteiger partial charge in [0.05, 0.1) is 0 Å². The predicted octanol–water partition coefficient (Wildman–Crippen LogP) is 0.848. The van der Waals surface area contributed by atoms with Crippen LogP contribution < -0.4 is 0 Å². The van der Waals surface area contributed by atoms with Gasteiger partial charge in [0.25, 0.3) is 0 Å². The molecule has 1 atom stereocenters. The van der Waals surface area contributed by atoms with Gasteiger partial charge in [0.1, 0.15) is 0 Å². The van der Waals surface area contributed by atoms with Gasteiger partial charge in [-0.05, 0) is 6.42 Å². The second-order valence-electron chi connectivity index (χ2n) is 2.69. The summed E-state index contributed by atoms with van der Waals surface area (Å²) in [7, 11) is -1.69. The van der Waals surface area contributed by atoms with E-state index in [0.29, 0.717) is 0 Å². The van der Waals surface area contributed by atoms with E-state index in [0.717, 1.165) is 14.2 Å². The lowest BCUT2D eigenvalue weighted by Gasteiger charge is -2.28. The molecule has 0 aromatic heterocycles. The van der Waals surface area contributed by atoms with Crippen LogP contribution in [0.25, 0.3) is 0 Å². The molecule has 1 unspecified atom stereocenters. The molecule has 0 aromatic carbocycles. The van der Waals surface area contributed by atoms with E-state index < -0.39 is 24.4 Å². The summed E-state index contributed by atoms with van der Waals surface area (Å²) in [5, 5.41) is 18.0. The molecule has 0 amide bonds. The van der Waals surface area contributed by atoms with Crippen molar-refractivity contribution in [2.45, 2.75) is 18.7 Å². The lowest BCUT2D eigenvalue weighted by Crippen LogP contribution is -2.37. The molecule has 0 spiro atoms. The maximum Gasteiger partial charge on any atom is 0.368 e. The Labute approximate surface area is 81.7 Å². The number of hydrogen-bond acceptors (Lipinski definition) is 6. The minimum absolute atomic E-state index is 0.0903. The first-order valence-electron chi connectivity index (χ1n) is 3.91. The van der Waals surface area contributed by atoms with Gasteiger partial charge in [0.2, 0.25) is 11.9 Å². The zero-order valence-electron chi connectivity index (χ0n) is 8.30. The van der Waals surface area contributed by atoms with Crippen molar-refractivity contribution in [2.24, 2.45) is 0 Å². The van der Waals surface area contributed by atoms with Crippen LogP contribution in [0.3, 0.4) is 0 Å². The van der Waals surface area contributed by atoms with Crippen molar-refractivity contribution in [1.82, 2.24) is 0 Å². The Hall–Kier alpha value is -0.490. The Morgan fingerprint density at radius 3 is 2.14 bits per heavy atom. The molecule has 0 fully saturated rings. The van der Waals surface area contributed by atoms with Crippen molar-refractivity contribution >= 4 is 7.60 Å². The highest BCUT2D eigenvalue weighted by Crippen LogP contribution is 2.58. The normalized spacial score (nSPS) is 16.3. The van der Waals surface area contributed by atoms with Crippen LogP contribution in [-0.4, -0.2) is 36.1 Å². The first-order chi connectivity index (χ1) is 6.35. The molecular formula is C6H14NO6P. The minimum Gasteiger partial charge on any atom is -0.372 e. The molecule has 0 saturated heterocycles. The van der Waals surface area contributed by atoms with Crippen molar-refractivity contribution in [2.75, 3.05) is 20.8 Å². The summed E-state index contributed by atoms with van der Waals surface area (Å²) < 4.78 is 20.8. The van der Waals surface area contributed by atoms with E-state index in [1.807, 2.05) is 0 Å². The smallest absolute Gasteiger partial charge is 0.368 e. The van der Waals surface area contributed by atoms with Crippen molar-refractivity contribution in [3.8, 4) is 0 Å². The van der Waals surface area contributed by atoms with Crippen molar-refractivity contribution in [3.05, 3.63) is 10.1 Å². The molecular weight excluding hydrogens is 213 g/mol. The van der Waals surface area contributed by atoms with E-state index in [-0.39, 0.29) is 6.42 Å². The van der Waals surface area contributed by atoms with Crippen LogP contribution in [0, 0.1) is 10.1 Å². The summed E-state index contributed by atoms with van der Waals surface area (Å²) in [6.07, 6.45) is -0.0903. The fraction of sp³-hybridized carbons (Fsp3) is 1.00. The van der Waals surface area contributed by atoms with Gasteiger partial charge < -0.3 is 14.2 Å². The van der Waals surface area contributed by atoms with E-state index in [1.165, 1.54) is 6.92 Å². The van der Waals surface area contributed by atoms with E-state index in [1.54, 1.807) is 0 Å². The second kappa shape index (κ2) is 4.84. The zero-order chi connectivity index (χ0) is 11.4. The highest BCUT2D eigenvalue weighted by Gasteiger charge is 2.51. The van der Waals surface area contributed by atoms with E-state index in [4.69, 9.17) is 0 Å². The third-order valence-electron chi connectivity index (χ3n) is 1.94. The molecule has 84 valence electrons. The molecule has 1 N–H and O–H groups in total. The van der Waals surface area contributed by atoms with Gasteiger partial charge in [-0.1, -0.05) is 6.92 Å². The zero-order valence-corrected chi connectivity index (χ0v) is 9.19. The third kappa shape index (κ3) is 2.51. The Morgan fingerprint density at radius 2 is 1.93 bits per heavy atom. The van der Waals surface area contributed by atoms with E-state index in [2.05, 4.69) is 9.05 Å². The van der Waals surface area contributed by atoms with Crippen LogP contribution in [0.5, 0.6) is 0 Å². The number of nitro groups is 1. The summed E-state index contributed by atoms with van der Waals surface area (Å²) in [5.41, 5.74) is 0. The predicted molar refractivity (Wildman–Crippen MR) is 48.7 cm³/mol. The minimum atomic E-state index is -3.84. The van der Waals surface area contributed by atoms with Crippen LogP contribution >= 0.6 is 7.60 Å². The molecule has 0 aliphatic heterocycles. The summed E-state index contributed by atoms with van der Waals surface area (Å²) in [6.45, 7) is 0.594. The molecule has 0 saturated carbocycles. The van der Waals surface area contributed by atoms with Gasteiger partial charge >= 0.3 is 7.60 Å². The quantitative estimate of drug-likeness (QED) is 0.410. The fourth-order valence-electron chi connectivity index (χ4n) is 1.01. The highest BCUT2D eigenvalue weighted by atomic mass is 31.2. The standard InChI is InChI=1S/C6H14NO6P/c1-4-6(8,5-7(9)10)14(11,12-2)13-3/h8H,4-5H2,1-3H3. The van der Waals surface area contributed by atoms with Crippen molar-refractivity contribution in [1.29, 1.82) is 0 Å². The molecule has 14 heavy (non-hydrogen) atoms. The van der Waals surface area contributed by atoms with Gasteiger partial charge in [-0.3, -0.25) is 14.7 Å². The Kier molecular flexibility index (Phi) is 4.67. The number of rotatable bonds is 6. The summed E-state index contributed by atoms with van der Waals surface area (Å²) >= 11 is 0. The SMILES string of the molecule is CCC(O)(C[N+](=O)[O-])P(=O)(OC)OC. The van der Waals surface area contributed by atoms with Crippen LogP contribution in [-0.2, 0) is 13.6 Å². The highest BCUT2D eigenvalue weighted by molar-refractivity contribution is 7.55. The molecule has 0 aliphatic rings. The molecule has 0 radical (unpaired) electrons. The lowest BCUT2D eigenvalue weighted by atomic mass is 10.3. The van der Waals surface area contributed by atoms with E-state index >= 15 is 0 Å². The van der Waals surface area contributed by atoms with Gasteiger partial charge in [-0.15, -0.1) is 0 Å². The largest absolute Gasteiger partial charge is 0.372 e. The van der Waals surface area contributed by atoms with Gasteiger partial charge in [0, 0.05) is 19.1 Å². The summed E-state index contributed by atoms with van der Waals surface area (Å²) in [5.74, 6) is 0. The van der Waals surface area contributed by atoms with Crippen LogP contribution in [0.2, 0.25) is 0 Å². The first-order valence-corrected chi connectivity index (χ1v) is 5.45. The average molecular weight is 227 g/mol. The second-order valence-corrected chi connectivity index (χ2v) is 5.25. The fourth-order valence-corrected chi connectivity index (χ4v) is 2.52. The lowest BCUT2D eigenvalue weighted by molar-refractivity contribution is -0.495. The van der Waals surface area contributed by atoms with Crippen LogP contribution in [0.4, 0.5) is 0 Å². The molecule has 7 nitrogen and oxygen atoms in total. The molecule has 0 bridgehead atoms. The number of hydrogen-bond donors (Lipinski definition) is 1. The maximum absolute atomic E-state index is 11.7. The van der Waals surface area contributed by atoms with Gasteiger partial charge in [-0.25, -0.2) is 0 Å². The Morgan fingerprint density at radius 1 is 1.50 bits per heavy atom. The topological polar surface area (TPSA) is 98.9 Å². The average Bonchev–Trinajstić information content (AvgIpc) is 2.15. The summed E-state index contributed by atoms with van der Waals surface area (Å²) in [6, 6.07) is 0. The Balaban J connectivity index is 5.00. The number of aliphatic hydroxyl groups is 1. The molecule has 0 heterocycles. The maximum atomic E-state index is 11.7. The summed E-state index contributed by atoms with van der Waals surface area (Å²) in [4.78, 5) is 9.51. The molecule has 8 heteroatoms. The van der Waals surface area contributed by atoms with Gasteiger partial charge in [-0.2, -0.15) is 0 Å². The van der Waals surface area contributed by atoms with Gasteiger partial charge in [0.15, 0.2) is 0 Å². The van der Waals surface area contributed by atoms with Crippen LogP contribution in [0.15, 0.2) is 0 Å². The van der Waals surface area contributed by atoms with E-state index in [9.17, 15) is 19.8 Å². The van der Waals surface area contributed by atoms with Crippen molar-refractivity contribution in [3.63, 3.8) is 0 Å². The Bertz CT molecular complexity index is 249. The molecule has 0 aliphatic carbocycles. The van der Waals surface area contributed by atoms with Crippen LogP contribution in [0.1, 0.15) is 13.3 Å².